The molecule has 3 rings (SSSR count). The number of aliphatic imine (C=N–C) groups is 1. The third-order valence-corrected chi connectivity index (χ3v) is 7.03. The van der Waals surface area contributed by atoms with Crippen molar-refractivity contribution in [2.45, 2.75) is 104 Å². The van der Waals surface area contributed by atoms with E-state index in [2.05, 4.69) is 40.1 Å². The molecule has 1 amide bonds. The fourth-order valence-corrected chi connectivity index (χ4v) is 4.65. The van der Waals surface area contributed by atoms with Gasteiger partial charge in [-0.15, -0.1) is 0 Å². The summed E-state index contributed by atoms with van der Waals surface area (Å²) in [5.41, 5.74) is 0.350. The number of nitrogens with one attached hydrogen (secondary N) is 4. The quantitative estimate of drug-likeness (QED) is 0.285. The second-order valence-corrected chi connectivity index (χ2v) is 10.4. The summed E-state index contributed by atoms with van der Waals surface area (Å²) in [6.45, 7) is 10.6. The smallest absolute Gasteiger partial charge is 0.344 e. The number of nitrogens with zero attached hydrogens (tertiary/aromatic N) is 1. The number of hydrogen-bond donors (Lipinski definition) is 4. The summed E-state index contributed by atoms with van der Waals surface area (Å²) in [4.78, 5) is 16.1. The minimum absolute atomic E-state index is 0.140. The molecule has 1 aromatic carbocycles. The van der Waals surface area contributed by atoms with E-state index < -0.39 is 11.7 Å². The van der Waals surface area contributed by atoms with Crippen molar-refractivity contribution in [3.8, 4) is 0 Å². The molecule has 1 aliphatic carbocycles. The Morgan fingerprint density at radius 2 is 1.77 bits per heavy atom. The summed E-state index contributed by atoms with van der Waals surface area (Å²) in [5, 5.41) is 11.7. The molecule has 0 radical (unpaired) electrons. The van der Waals surface area contributed by atoms with Crippen LogP contribution < -0.4 is 21.3 Å². The Balaban J connectivity index is 0.000000388. The SMILES string of the molecule is CCC1NC(=O)C=C(Nc2ccc(C)c(C(F)(F)F)c2)N=C1C.CCCC1CCCCC1.CNCC(C)NC. The molecular weight excluding hydrogens is 503 g/mol. The van der Waals surface area contributed by atoms with Gasteiger partial charge in [0, 0.05) is 30.1 Å². The zero-order chi connectivity index (χ0) is 29.4. The monoisotopic (exact) mass is 553 g/mol. The lowest BCUT2D eigenvalue weighted by Gasteiger charge is -2.20. The predicted molar refractivity (Wildman–Crippen MR) is 157 cm³/mol. The molecule has 0 bridgehead atoms. The minimum Gasteiger partial charge on any atom is -0.344 e. The van der Waals surface area contributed by atoms with Gasteiger partial charge in [-0.3, -0.25) is 4.79 Å². The van der Waals surface area contributed by atoms with Gasteiger partial charge in [-0.2, -0.15) is 13.2 Å². The van der Waals surface area contributed by atoms with Crippen molar-refractivity contribution in [1.29, 1.82) is 0 Å². The molecule has 1 aliphatic heterocycles. The number of benzene rings is 1. The molecular formula is C30H50F3N5O. The Morgan fingerprint density at radius 1 is 1.10 bits per heavy atom. The molecule has 2 unspecified atom stereocenters. The van der Waals surface area contributed by atoms with Crippen molar-refractivity contribution in [2.75, 3.05) is 26.0 Å². The number of likely N-dealkylation sites (N-methyl/N-ethyl adjacent to an activating group) is 2. The van der Waals surface area contributed by atoms with Crippen molar-refractivity contribution < 1.29 is 18.0 Å². The summed E-state index contributed by atoms with van der Waals surface area (Å²) in [6, 6.07) is 4.33. The maximum atomic E-state index is 13.0. The van der Waals surface area contributed by atoms with E-state index in [0.717, 1.165) is 18.5 Å². The van der Waals surface area contributed by atoms with Crippen molar-refractivity contribution in [1.82, 2.24) is 16.0 Å². The van der Waals surface area contributed by atoms with E-state index in [4.69, 9.17) is 0 Å². The maximum Gasteiger partial charge on any atom is 0.416 e. The third-order valence-electron chi connectivity index (χ3n) is 7.03. The highest BCUT2D eigenvalue weighted by molar-refractivity contribution is 5.98. The summed E-state index contributed by atoms with van der Waals surface area (Å²) in [6.07, 6.45) is 7.93. The molecule has 0 spiro atoms. The van der Waals surface area contributed by atoms with Gasteiger partial charge in [0.15, 0.2) is 0 Å². The molecule has 222 valence electrons. The molecule has 2 atom stereocenters. The lowest BCUT2D eigenvalue weighted by Crippen LogP contribution is -2.37. The lowest BCUT2D eigenvalue weighted by molar-refractivity contribution is -0.138. The first-order chi connectivity index (χ1) is 18.4. The standard InChI is InChI=1S/C16H18F3N3O.C9H18.C5H14N2/c1-4-13-10(3)20-14(8-15(23)22-13)21-11-6-5-9(2)12(7-11)16(17,18)19;1-2-6-9-7-4-3-5-8-9;1-5(7-3)4-6-2/h5-8,13,21H,4H2,1-3H3,(H,22,23);9H,2-8H2,1H3;5-7H,4H2,1-3H3. The Bertz CT molecular complexity index is 921. The number of rotatable bonds is 8. The minimum atomic E-state index is -4.43. The molecule has 6 nitrogen and oxygen atoms in total. The number of carbonyl (C=O) groups excluding carboxylic acids is 1. The van der Waals surface area contributed by atoms with Gasteiger partial charge in [0.05, 0.1) is 11.6 Å². The fraction of sp³-hybridized carbons (Fsp3) is 0.667. The summed E-state index contributed by atoms with van der Waals surface area (Å²) in [5.74, 6) is 0.986. The molecule has 0 aromatic heterocycles. The van der Waals surface area contributed by atoms with E-state index >= 15 is 0 Å². The maximum absolute atomic E-state index is 13.0. The molecule has 1 heterocycles. The molecule has 39 heavy (non-hydrogen) atoms. The van der Waals surface area contributed by atoms with Crippen molar-refractivity contribution in [2.24, 2.45) is 10.9 Å². The number of carbonyl (C=O) groups is 1. The van der Waals surface area contributed by atoms with Crippen LogP contribution in [-0.2, 0) is 11.0 Å². The van der Waals surface area contributed by atoms with Crippen molar-refractivity contribution in [3.63, 3.8) is 0 Å². The van der Waals surface area contributed by atoms with E-state index in [-0.39, 0.29) is 29.0 Å². The molecule has 0 saturated heterocycles. The number of aryl methyl sites for hydroxylation is 1. The van der Waals surface area contributed by atoms with E-state index in [1.807, 2.05) is 21.0 Å². The Labute approximate surface area is 233 Å². The zero-order valence-corrected chi connectivity index (χ0v) is 24.9. The first-order valence-corrected chi connectivity index (χ1v) is 14.3. The number of halogens is 3. The van der Waals surface area contributed by atoms with Gasteiger partial charge in [-0.05, 0) is 64.9 Å². The number of hydrogen-bond acceptors (Lipinski definition) is 5. The second-order valence-electron chi connectivity index (χ2n) is 10.4. The molecule has 1 saturated carbocycles. The van der Waals surface area contributed by atoms with E-state index in [1.54, 1.807) is 6.92 Å². The van der Waals surface area contributed by atoms with Crippen LogP contribution in [0.5, 0.6) is 0 Å². The van der Waals surface area contributed by atoms with Gasteiger partial charge >= 0.3 is 6.18 Å². The van der Waals surface area contributed by atoms with Crippen LogP contribution in [-0.4, -0.2) is 44.3 Å². The van der Waals surface area contributed by atoms with E-state index in [0.29, 0.717) is 18.2 Å². The van der Waals surface area contributed by atoms with Crippen LogP contribution in [0, 0.1) is 12.8 Å². The van der Waals surface area contributed by atoms with Crippen molar-refractivity contribution in [3.05, 3.63) is 41.2 Å². The highest BCUT2D eigenvalue weighted by Crippen LogP contribution is 2.33. The van der Waals surface area contributed by atoms with Gasteiger partial charge in [0.1, 0.15) is 5.82 Å². The first kappa shape index (κ1) is 34.6. The van der Waals surface area contributed by atoms with Gasteiger partial charge in [0.2, 0.25) is 5.91 Å². The van der Waals surface area contributed by atoms with Crippen LogP contribution in [0.2, 0.25) is 0 Å². The van der Waals surface area contributed by atoms with Crippen LogP contribution in [0.1, 0.15) is 90.2 Å². The Hall–Kier alpha value is -2.39. The summed E-state index contributed by atoms with van der Waals surface area (Å²) >= 11 is 0. The molecule has 9 heteroatoms. The van der Waals surface area contributed by atoms with Gasteiger partial charge in [0.25, 0.3) is 0 Å². The lowest BCUT2D eigenvalue weighted by atomic mass is 9.86. The van der Waals surface area contributed by atoms with Crippen LogP contribution in [0.3, 0.4) is 0 Å². The van der Waals surface area contributed by atoms with E-state index in [1.165, 1.54) is 70.1 Å². The number of anilines is 1. The molecule has 2 aliphatic rings. The van der Waals surface area contributed by atoms with Gasteiger partial charge < -0.3 is 21.3 Å². The highest BCUT2D eigenvalue weighted by atomic mass is 19.4. The van der Waals surface area contributed by atoms with Crippen LogP contribution >= 0.6 is 0 Å². The topological polar surface area (TPSA) is 77.5 Å². The zero-order valence-electron chi connectivity index (χ0n) is 24.9. The fourth-order valence-electron chi connectivity index (χ4n) is 4.65. The summed E-state index contributed by atoms with van der Waals surface area (Å²) in [7, 11) is 3.91. The van der Waals surface area contributed by atoms with Crippen molar-refractivity contribution >= 4 is 17.3 Å². The first-order valence-electron chi connectivity index (χ1n) is 14.3. The van der Waals surface area contributed by atoms with Gasteiger partial charge in [-0.1, -0.05) is 64.9 Å². The average Bonchev–Trinajstić information content (AvgIpc) is 3.02. The second kappa shape index (κ2) is 18.1. The van der Waals surface area contributed by atoms with Crippen LogP contribution in [0.4, 0.5) is 18.9 Å². The Kier molecular flexibility index (Phi) is 16.0. The van der Waals surface area contributed by atoms with E-state index in [9.17, 15) is 18.0 Å². The number of alkyl halides is 3. The third kappa shape index (κ3) is 13.5. The summed E-state index contributed by atoms with van der Waals surface area (Å²) < 4.78 is 38.9. The van der Waals surface area contributed by atoms with Gasteiger partial charge in [-0.25, -0.2) is 4.99 Å². The highest BCUT2D eigenvalue weighted by Gasteiger charge is 2.32. The largest absolute Gasteiger partial charge is 0.416 e. The van der Waals surface area contributed by atoms with Crippen LogP contribution in [0.15, 0.2) is 35.1 Å². The number of amides is 1. The average molecular weight is 554 g/mol. The molecule has 1 fully saturated rings. The molecule has 1 aromatic rings. The normalized spacial score (nSPS) is 18.7. The molecule has 4 N–H and O–H groups in total. The Morgan fingerprint density at radius 3 is 2.28 bits per heavy atom. The predicted octanol–water partition coefficient (Wildman–Crippen LogP) is 6.82. The van der Waals surface area contributed by atoms with Crippen LogP contribution in [0.25, 0.3) is 0 Å².